The Bertz CT molecular complexity index is 857. The second-order valence-corrected chi connectivity index (χ2v) is 7.68. The van der Waals surface area contributed by atoms with E-state index in [0.717, 1.165) is 36.4 Å². The molecule has 1 fully saturated rings. The summed E-state index contributed by atoms with van der Waals surface area (Å²) in [6, 6.07) is 15.0. The zero-order valence-electron chi connectivity index (χ0n) is 17.1. The third-order valence-corrected chi connectivity index (χ3v) is 5.34. The Balaban J connectivity index is 1.61. The third-order valence-electron chi connectivity index (χ3n) is 5.34. The molecule has 2 unspecified atom stereocenters. The fourth-order valence-electron chi connectivity index (χ4n) is 3.94. The second kappa shape index (κ2) is 9.07. The number of hydrogen-bond donors (Lipinski definition) is 3. The normalized spacial score (nSPS) is 19.7. The highest BCUT2D eigenvalue weighted by Crippen LogP contribution is 2.21. The molecule has 1 heterocycles. The number of benzene rings is 2. The van der Waals surface area contributed by atoms with Crippen molar-refractivity contribution in [3.63, 3.8) is 0 Å². The van der Waals surface area contributed by atoms with E-state index in [1.165, 1.54) is 0 Å². The number of rotatable bonds is 4. The van der Waals surface area contributed by atoms with E-state index in [1.807, 2.05) is 48.2 Å². The van der Waals surface area contributed by atoms with Crippen molar-refractivity contribution in [3.8, 4) is 0 Å². The average molecular weight is 396 g/mol. The van der Waals surface area contributed by atoms with Gasteiger partial charge in [-0.1, -0.05) is 30.3 Å². The number of nitrogens with zero attached hydrogens (tertiary/aromatic N) is 2. The van der Waals surface area contributed by atoms with Gasteiger partial charge < -0.3 is 10.2 Å². The zero-order valence-corrected chi connectivity index (χ0v) is 17.1. The number of hydroxylamine groups is 1. The van der Waals surface area contributed by atoms with Gasteiger partial charge in [-0.05, 0) is 50.1 Å². The molecule has 154 valence electrons. The van der Waals surface area contributed by atoms with Gasteiger partial charge >= 0.3 is 6.03 Å². The van der Waals surface area contributed by atoms with Crippen LogP contribution in [0.4, 0.5) is 10.5 Å². The van der Waals surface area contributed by atoms with Crippen LogP contribution in [-0.2, 0) is 6.54 Å². The number of nitrogens with one attached hydrogen (secondary N) is 2. The monoisotopic (exact) mass is 396 g/mol. The lowest BCUT2D eigenvalue weighted by Crippen LogP contribution is -2.59. The molecule has 2 aromatic carbocycles. The molecule has 0 spiro atoms. The van der Waals surface area contributed by atoms with Crippen LogP contribution < -0.4 is 10.8 Å². The maximum absolute atomic E-state index is 12.9. The summed E-state index contributed by atoms with van der Waals surface area (Å²) in [5.41, 5.74) is 5.01. The number of hydrogen-bond acceptors (Lipinski definition) is 4. The highest BCUT2D eigenvalue weighted by atomic mass is 16.5. The molecule has 3 N–H and O–H groups in total. The number of urea groups is 1. The molecule has 2 aromatic rings. The molecule has 0 aromatic heterocycles. The highest BCUT2D eigenvalue weighted by Gasteiger charge is 2.33. The number of para-hydroxylation sites is 1. The summed E-state index contributed by atoms with van der Waals surface area (Å²) in [6.45, 7) is 8.39. The lowest BCUT2D eigenvalue weighted by atomic mass is 10.1. The number of carbonyl (C=O) groups excluding carboxylic acids is 2. The van der Waals surface area contributed by atoms with Crippen LogP contribution >= 0.6 is 0 Å². The topological polar surface area (TPSA) is 84.9 Å². The van der Waals surface area contributed by atoms with Crippen molar-refractivity contribution in [3.05, 3.63) is 65.2 Å². The predicted molar refractivity (Wildman–Crippen MR) is 112 cm³/mol. The molecule has 0 bridgehead atoms. The van der Waals surface area contributed by atoms with Gasteiger partial charge in [-0.25, -0.2) is 10.3 Å². The number of anilines is 1. The van der Waals surface area contributed by atoms with Gasteiger partial charge in [0.15, 0.2) is 0 Å². The Hall–Kier alpha value is -2.90. The van der Waals surface area contributed by atoms with Gasteiger partial charge in [0, 0.05) is 43.0 Å². The highest BCUT2D eigenvalue weighted by molar-refractivity contribution is 5.93. The second-order valence-electron chi connectivity index (χ2n) is 7.68. The number of amides is 3. The van der Waals surface area contributed by atoms with Gasteiger partial charge in [-0.2, -0.15) is 0 Å². The largest absolute Gasteiger partial charge is 0.322 e. The minimum absolute atomic E-state index is 0.0710. The van der Waals surface area contributed by atoms with E-state index in [0.29, 0.717) is 5.56 Å². The quantitative estimate of drug-likeness (QED) is 0.547. The van der Waals surface area contributed by atoms with Crippen LogP contribution in [0, 0.1) is 6.92 Å². The van der Waals surface area contributed by atoms with E-state index in [1.54, 1.807) is 17.6 Å². The SMILES string of the molecule is Cc1ccccc1NC(=O)N1C(C)CN(Cc2ccc(C(=O)NO)cc2)CC1C. The van der Waals surface area contributed by atoms with Gasteiger partial charge in [-0.3, -0.25) is 14.9 Å². The molecule has 0 saturated carbocycles. The minimum atomic E-state index is -0.521. The van der Waals surface area contributed by atoms with Crippen molar-refractivity contribution < 1.29 is 14.8 Å². The Morgan fingerprint density at radius 2 is 1.66 bits per heavy atom. The first-order valence-corrected chi connectivity index (χ1v) is 9.79. The van der Waals surface area contributed by atoms with Crippen LogP contribution in [0.25, 0.3) is 0 Å². The smallest absolute Gasteiger partial charge is 0.317 e. The molecule has 3 amide bonds. The lowest BCUT2D eigenvalue weighted by molar-refractivity contribution is 0.0656. The number of aryl methyl sites for hydroxylation is 1. The first-order chi connectivity index (χ1) is 13.9. The van der Waals surface area contributed by atoms with Gasteiger partial charge in [0.25, 0.3) is 5.91 Å². The van der Waals surface area contributed by atoms with Crippen LogP contribution in [0.1, 0.15) is 35.3 Å². The molecule has 7 heteroatoms. The maximum Gasteiger partial charge on any atom is 0.322 e. The summed E-state index contributed by atoms with van der Waals surface area (Å²) >= 11 is 0. The molecule has 29 heavy (non-hydrogen) atoms. The van der Waals surface area contributed by atoms with E-state index >= 15 is 0 Å². The van der Waals surface area contributed by atoms with E-state index in [2.05, 4.69) is 24.1 Å². The van der Waals surface area contributed by atoms with Crippen LogP contribution in [-0.4, -0.2) is 52.1 Å². The fraction of sp³-hybridized carbons (Fsp3) is 0.364. The molecule has 1 saturated heterocycles. The Morgan fingerprint density at radius 1 is 1.03 bits per heavy atom. The lowest BCUT2D eigenvalue weighted by Gasteiger charge is -2.44. The van der Waals surface area contributed by atoms with Crippen LogP contribution in [0.15, 0.2) is 48.5 Å². The zero-order chi connectivity index (χ0) is 21.0. The molecule has 1 aliphatic rings. The summed E-state index contributed by atoms with van der Waals surface area (Å²) < 4.78 is 0. The van der Waals surface area contributed by atoms with E-state index in [4.69, 9.17) is 5.21 Å². The standard InChI is InChI=1S/C22H28N4O3/c1-15-6-4-5-7-20(15)23-22(28)26-16(2)12-25(13-17(26)3)14-18-8-10-19(11-9-18)21(27)24-29/h4-11,16-17,29H,12-14H2,1-3H3,(H,23,28)(H,24,27). The van der Waals surface area contributed by atoms with E-state index in [-0.39, 0.29) is 18.1 Å². The summed E-state index contributed by atoms with van der Waals surface area (Å²) in [5.74, 6) is -0.521. The molecule has 0 radical (unpaired) electrons. The van der Waals surface area contributed by atoms with Gasteiger partial charge in [-0.15, -0.1) is 0 Å². The van der Waals surface area contributed by atoms with Gasteiger partial charge in [0.05, 0.1) is 0 Å². The average Bonchev–Trinajstić information content (AvgIpc) is 2.69. The van der Waals surface area contributed by atoms with Crippen molar-refractivity contribution in [1.29, 1.82) is 0 Å². The Morgan fingerprint density at radius 3 is 2.24 bits per heavy atom. The Labute approximate surface area is 171 Å². The molecular formula is C22H28N4O3. The summed E-state index contributed by atoms with van der Waals surface area (Å²) in [6.07, 6.45) is 0. The van der Waals surface area contributed by atoms with Crippen molar-refractivity contribution >= 4 is 17.6 Å². The first-order valence-electron chi connectivity index (χ1n) is 9.79. The fourth-order valence-corrected chi connectivity index (χ4v) is 3.94. The van der Waals surface area contributed by atoms with Crippen LogP contribution in [0.2, 0.25) is 0 Å². The predicted octanol–water partition coefficient (Wildman–Crippen LogP) is 3.24. The van der Waals surface area contributed by atoms with Gasteiger partial charge in [0.1, 0.15) is 0 Å². The Kier molecular flexibility index (Phi) is 6.51. The number of carbonyl (C=O) groups is 2. The van der Waals surface area contributed by atoms with Crippen LogP contribution in [0.3, 0.4) is 0 Å². The van der Waals surface area contributed by atoms with Crippen molar-refractivity contribution in [2.45, 2.75) is 39.4 Å². The van der Waals surface area contributed by atoms with Gasteiger partial charge in [0.2, 0.25) is 0 Å². The summed E-state index contributed by atoms with van der Waals surface area (Å²) in [4.78, 5) is 28.5. The number of piperazine rings is 1. The molecule has 7 nitrogen and oxygen atoms in total. The molecular weight excluding hydrogens is 368 g/mol. The molecule has 3 rings (SSSR count). The molecule has 0 aliphatic carbocycles. The van der Waals surface area contributed by atoms with Crippen LogP contribution in [0.5, 0.6) is 0 Å². The van der Waals surface area contributed by atoms with Crippen molar-refractivity contribution in [2.75, 3.05) is 18.4 Å². The third kappa shape index (κ3) is 4.93. The minimum Gasteiger partial charge on any atom is -0.317 e. The van der Waals surface area contributed by atoms with Crippen molar-refractivity contribution in [1.82, 2.24) is 15.3 Å². The summed E-state index contributed by atoms with van der Waals surface area (Å²) in [7, 11) is 0. The molecule has 1 aliphatic heterocycles. The molecule has 2 atom stereocenters. The van der Waals surface area contributed by atoms with E-state index in [9.17, 15) is 9.59 Å². The summed E-state index contributed by atoms with van der Waals surface area (Å²) in [5, 5.41) is 11.7. The van der Waals surface area contributed by atoms with Crippen molar-refractivity contribution in [2.24, 2.45) is 0 Å². The maximum atomic E-state index is 12.9. The van der Waals surface area contributed by atoms with E-state index < -0.39 is 5.91 Å². The first kappa shape index (κ1) is 20.8.